The Morgan fingerprint density at radius 3 is 2.40 bits per heavy atom. The van der Waals surface area contributed by atoms with Gasteiger partial charge in [0.05, 0.1) is 27.2 Å². The van der Waals surface area contributed by atoms with Gasteiger partial charge in [0.2, 0.25) is 11.7 Å². The Labute approximate surface area is 231 Å². The normalized spacial score (nSPS) is 15.1. The maximum absolute atomic E-state index is 14.3. The van der Waals surface area contributed by atoms with Crippen LogP contribution in [0.1, 0.15) is 35.7 Å². The fourth-order valence-electron chi connectivity index (χ4n) is 4.42. The van der Waals surface area contributed by atoms with Crippen molar-refractivity contribution < 1.29 is 42.2 Å². The topological polar surface area (TPSA) is 117 Å². The predicted molar refractivity (Wildman–Crippen MR) is 147 cm³/mol. The van der Waals surface area contributed by atoms with Gasteiger partial charge in [0.1, 0.15) is 5.82 Å². The second-order valence-corrected chi connectivity index (χ2v) is 10.4. The summed E-state index contributed by atoms with van der Waals surface area (Å²) in [5, 5.41) is 2.93. The van der Waals surface area contributed by atoms with Crippen LogP contribution in [0.2, 0.25) is 0 Å². The number of phosphoric ester groups is 1. The minimum absolute atomic E-state index is 0.0710. The molecule has 2 N–H and O–H groups in total. The standard InChI is InChI=1S/C28H30FN2O8P/c1-17-22(11-18-12-25(35-3)28(26(13-18)36-4)38-39-40(33,34)37-5)21-9-8-19(29)14-24(21)23(17)15-27(32)30-16-20-7-6-10-31(20)2/h6-14H,15-16H2,1-5H3,(H,30,32)(H,33,34). The van der Waals surface area contributed by atoms with Crippen molar-refractivity contribution in [2.45, 2.75) is 19.9 Å². The van der Waals surface area contributed by atoms with Crippen molar-refractivity contribution in [1.29, 1.82) is 0 Å². The van der Waals surface area contributed by atoms with Gasteiger partial charge < -0.3 is 29.1 Å². The van der Waals surface area contributed by atoms with Crippen LogP contribution >= 0.6 is 7.82 Å². The van der Waals surface area contributed by atoms with E-state index >= 15 is 0 Å². The number of rotatable bonds is 11. The van der Waals surface area contributed by atoms with E-state index in [1.54, 1.807) is 18.2 Å². The van der Waals surface area contributed by atoms with Gasteiger partial charge in [-0.05, 0) is 82.8 Å². The van der Waals surface area contributed by atoms with E-state index in [0.29, 0.717) is 17.7 Å². The number of carbonyl (C=O) groups excluding carboxylic acids is 1. The van der Waals surface area contributed by atoms with E-state index in [2.05, 4.69) is 14.5 Å². The first-order valence-electron chi connectivity index (χ1n) is 12.2. The average Bonchev–Trinajstić information content (AvgIpc) is 3.46. The second kappa shape index (κ2) is 12.1. The van der Waals surface area contributed by atoms with Crippen molar-refractivity contribution in [3.05, 3.63) is 82.4 Å². The number of hydrogen-bond donors (Lipinski definition) is 2. The van der Waals surface area contributed by atoms with Gasteiger partial charge in [-0.15, -0.1) is 0 Å². The zero-order valence-electron chi connectivity index (χ0n) is 22.7. The average molecular weight is 573 g/mol. The molecule has 212 valence electrons. The highest BCUT2D eigenvalue weighted by Gasteiger charge is 2.27. The van der Waals surface area contributed by atoms with Crippen molar-refractivity contribution in [2.24, 2.45) is 7.05 Å². The molecule has 3 aromatic rings. The van der Waals surface area contributed by atoms with Crippen molar-refractivity contribution in [3.63, 3.8) is 0 Å². The third-order valence-corrected chi connectivity index (χ3v) is 7.27. The summed E-state index contributed by atoms with van der Waals surface area (Å²) in [6, 6.07) is 11.5. The zero-order valence-corrected chi connectivity index (χ0v) is 23.6. The number of hydrogen-bond acceptors (Lipinski definition) is 7. The van der Waals surface area contributed by atoms with Gasteiger partial charge >= 0.3 is 7.82 Å². The van der Waals surface area contributed by atoms with Gasteiger partial charge in [-0.25, -0.2) is 8.96 Å². The van der Waals surface area contributed by atoms with Crippen LogP contribution in [0.3, 0.4) is 0 Å². The highest BCUT2D eigenvalue weighted by Crippen LogP contribution is 2.48. The summed E-state index contributed by atoms with van der Waals surface area (Å²) in [6.07, 6.45) is 3.83. The van der Waals surface area contributed by atoms with Crippen LogP contribution in [-0.4, -0.2) is 36.7 Å². The Hall–Kier alpha value is -3.89. The fourth-order valence-corrected chi connectivity index (χ4v) is 4.65. The molecule has 1 unspecified atom stereocenters. The quantitative estimate of drug-likeness (QED) is 0.181. The number of allylic oxidation sites excluding steroid dienone is 2. The van der Waals surface area contributed by atoms with Crippen LogP contribution in [0, 0.1) is 5.82 Å². The molecule has 1 aliphatic carbocycles. The molecule has 0 bridgehead atoms. The van der Waals surface area contributed by atoms with Crippen molar-refractivity contribution in [1.82, 2.24) is 9.88 Å². The lowest BCUT2D eigenvalue weighted by Crippen LogP contribution is -2.23. The second-order valence-electron chi connectivity index (χ2n) is 8.98. The monoisotopic (exact) mass is 572 g/mol. The van der Waals surface area contributed by atoms with Crippen LogP contribution in [0.15, 0.2) is 54.2 Å². The Morgan fingerprint density at radius 2 is 1.80 bits per heavy atom. The van der Waals surface area contributed by atoms with Crippen molar-refractivity contribution in [3.8, 4) is 17.2 Å². The minimum Gasteiger partial charge on any atom is -0.493 e. The van der Waals surface area contributed by atoms with Gasteiger partial charge in [-0.2, -0.15) is 0 Å². The Balaban J connectivity index is 1.68. The number of amides is 1. The first kappa shape index (κ1) is 29.1. The summed E-state index contributed by atoms with van der Waals surface area (Å²) >= 11 is 0. The number of ether oxygens (including phenoxy) is 2. The summed E-state index contributed by atoms with van der Waals surface area (Å²) in [4.78, 5) is 27.4. The molecule has 0 aliphatic heterocycles. The van der Waals surface area contributed by atoms with Gasteiger partial charge in [0.25, 0.3) is 0 Å². The number of phosphoric acid groups is 1. The van der Waals surface area contributed by atoms with E-state index in [9.17, 15) is 18.6 Å². The number of aryl methyl sites for hydroxylation is 1. The Kier molecular flexibility index (Phi) is 8.80. The molecule has 0 radical (unpaired) electrons. The van der Waals surface area contributed by atoms with Crippen LogP contribution < -0.4 is 19.7 Å². The molecule has 0 fully saturated rings. The van der Waals surface area contributed by atoms with E-state index in [4.69, 9.17) is 14.4 Å². The SMILES string of the molecule is COc1cc(C=C2C(C)=C(CC(=O)NCc3cccn3C)c3cc(F)ccc32)cc(OC)c1OOP(=O)(O)OC. The molecule has 0 spiro atoms. The molecular weight excluding hydrogens is 542 g/mol. The van der Waals surface area contributed by atoms with Crippen LogP contribution in [0.4, 0.5) is 4.39 Å². The summed E-state index contributed by atoms with van der Waals surface area (Å²) in [6.45, 7) is 2.26. The smallest absolute Gasteiger partial charge is 0.493 e. The van der Waals surface area contributed by atoms with E-state index in [1.807, 2.05) is 42.9 Å². The molecule has 1 amide bonds. The molecule has 1 atom stereocenters. The summed E-state index contributed by atoms with van der Waals surface area (Å²) < 4.78 is 47.6. The molecule has 12 heteroatoms. The van der Waals surface area contributed by atoms with Gasteiger partial charge in [-0.3, -0.25) is 9.32 Å². The third kappa shape index (κ3) is 6.29. The number of methoxy groups -OCH3 is 2. The molecule has 0 saturated heterocycles. The molecule has 40 heavy (non-hydrogen) atoms. The lowest BCUT2D eigenvalue weighted by atomic mass is 10.00. The molecule has 1 heterocycles. The van der Waals surface area contributed by atoms with Crippen LogP contribution in [-0.2, 0) is 32.2 Å². The molecule has 2 aromatic carbocycles. The zero-order chi connectivity index (χ0) is 29.0. The van der Waals surface area contributed by atoms with Crippen molar-refractivity contribution >= 4 is 31.0 Å². The summed E-state index contributed by atoms with van der Waals surface area (Å²) in [5.41, 5.74) is 5.32. The summed E-state index contributed by atoms with van der Waals surface area (Å²) in [7, 11) is 1.23. The van der Waals surface area contributed by atoms with E-state index in [0.717, 1.165) is 35.1 Å². The fraction of sp³-hybridized carbons (Fsp3) is 0.250. The molecule has 4 rings (SSSR count). The van der Waals surface area contributed by atoms with E-state index in [1.165, 1.54) is 26.4 Å². The van der Waals surface area contributed by atoms with Gasteiger partial charge in [-0.1, -0.05) is 10.7 Å². The van der Waals surface area contributed by atoms with Gasteiger partial charge in [0.15, 0.2) is 11.5 Å². The van der Waals surface area contributed by atoms with Crippen molar-refractivity contribution in [2.75, 3.05) is 21.3 Å². The summed E-state index contributed by atoms with van der Waals surface area (Å²) in [5.74, 6) is -0.357. The highest BCUT2D eigenvalue weighted by atomic mass is 31.2. The first-order valence-corrected chi connectivity index (χ1v) is 13.7. The number of halogens is 1. The first-order chi connectivity index (χ1) is 19.1. The Morgan fingerprint density at radius 1 is 1.10 bits per heavy atom. The number of fused-ring (bicyclic) bond motifs is 1. The molecule has 1 aliphatic rings. The van der Waals surface area contributed by atoms with E-state index < -0.39 is 13.6 Å². The predicted octanol–water partition coefficient (Wildman–Crippen LogP) is 5.27. The van der Waals surface area contributed by atoms with Gasteiger partial charge in [0, 0.05) is 26.0 Å². The maximum Gasteiger partial charge on any atom is 0.508 e. The number of benzene rings is 2. The number of carbonyl (C=O) groups is 1. The number of nitrogens with one attached hydrogen (secondary N) is 1. The molecular formula is C28H30FN2O8P. The van der Waals surface area contributed by atoms with Crippen LogP contribution in [0.25, 0.3) is 17.2 Å². The third-order valence-electron chi connectivity index (χ3n) is 6.55. The lowest BCUT2D eigenvalue weighted by molar-refractivity contribution is -0.127. The molecule has 0 saturated carbocycles. The van der Waals surface area contributed by atoms with E-state index in [-0.39, 0.29) is 29.6 Å². The number of nitrogens with zero attached hydrogens (tertiary/aromatic N) is 1. The van der Waals surface area contributed by atoms with Crippen LogP contribution in [0.5, 0.6) is 17.2 Å². The maximum atomic E-state index is 14.3. The highest BCUT2D eigenvalue weighted by molar-refractivity contribution is 7.47. The largest absolute Gasteiger partial charge is 0.508 e. The Bertz CT molecular complexity index is 1520. The number of aromatic nitrogens is 1. The minimum atomic E-state index is -4.44. The lowest BCUT2D eigenvalue weighted by Gasteiger charge is -2.15. The molecule has 10 nitrogen and oxygen atoms in total. The molecule has 1 aromatic heterocycles.